The van der Waals surface area contributed by atoms with Crippen molar-refractivity contribution in [2.75, 3.05) is 0 Å². The van der Waals surface area contributed by atoms with Crippen LogP contribution < -0.4 is 0 Å². The number of aromatic hydroxyl groups is 2. The van der Waals surface area contributed by atoms with E-state index in [0.29, 0.717) is 17.4 Å². The van der Waals surface area contributed by atoms with E-state index in [1.54, 1.807) is 12.1 Å². The maximum atomic E-state index is 10.0. The molecule has 0 heterocycles. The van der Waals surface area contributed by atoms with Gasteiger partial charge in [-0.25, -0.2) is 0 Å². The number of rotatable bonds is 3. The normalized spacial score (nSPS) is 16.0. The van der Waals surface area contributed by atoms with Gasteiger partial charge < -0.3 is 10.2 Å². The summed E-state index contributed by atoms with van der Waals surface area (Å²) < 4.78 is 0. The second-order valence-corrected chi connectivity index (χ2v) is 5.29. The molecule has 0 aliphatic heterocycles. The molecule has 112 valence electrons. The average molecular weight is 284 g/mol. The summed E-state index contributed by atoms with van der Waals surface area (Å²) in [7, 11) is 0. The Morgan fingerprint density at radius 2 is 1.81 bits per heavy atom. The van der Waals surface area contributed by atoms with Crippen LogP contribution in [-0.2, 0) is 12.8 Å². The van der Waals surface area contributed by atoms with Gasteiger partial charge in [-0.05, 0) is 60.9 Å². The molecule has 0 aromatic heterocycles. The van der Waals surface area contributed by atoms with Crippen molar-refractivity contribution in [2.45, 2.75) is 45.4 Å². The van der Waals surface area contributed by atoms with Gasteiger partial charge in [0.05, 0.1) is 0 Å². The summed E-state index contributed by atoms with van der Waals surface area (Å²) in [6.45, 7) is 4.00. The first-order valence-electron chi connectivity index (χ1n) is 7.82. The third-order valence-corrected chi connectivity index (χ3v) is 4.04. The van der Waals surface area contributed by atoms with Crippen LogP contribution in [0.15, 0.2) is 42.5 Å². The number of phenolic OH excluding ortho intramolecular Hbond substituents is 2. The minimum absolute atomic E-state index is 0.326. The number of aryl methyl sites for hydroxylation is 2. The van der Waals surface area contributed by atoms with Gasteiger partial charge in [-0.1, -0.05) is 38.1 Å². The van der Waals surface area contributed by atoms with Crippen molar-refractivity contribution in [2.24, 2.45) is 0 Å². The largest absolute Gasteiger partial charge is 0.508 e. The topological polar surface area (TPSA) is 40.5 Å². The Kier molecular flexibility index (Phi) is 5.26. The third-order valence-electron chi connectivity index (χ3n) is 4.04. The van der Waals surface area contributed by atoms with E-state index in [9.17, 15) is 10.2 Å². The van der Waals surface area contributed by atoms with Crippen LogP contribution in [0.1, 0.15) is 49.3 Å². The standard InChI is InChI=1S/C17H18O2.C2H6/c18-15-5-1-3-12(11-15)7-8-14-10-9-13-4-2-6-16(19)17(13)14;1-2/h1-6,11,14,18-19H,7-10H2;1-2H3. The zero-order valence-electron chi connectivity index (χ0n) is 12.8. The third kappa shape index (κ3) is 3.57. The van der Waals surface area contributed by atoms with Crippen LogP contribution >= 0.6 is 0 Å². The molecule has 1 atom stereocenters. The maximum Gasteiger partial charge on any atom is 0.119 e. The molecule has 0 saturated heterocycles. The SMILES string of the molecule is CC.Oc1cccc(CCC2CCc3cccc(O)c32)c1. The van der Waals surface area contributed by atoms with Gasteiger partial charge in [0.1, 0.15) is 11.5 Å². The summed E-state index contributed by atoms with van der Waals surface area (Å²) in [5, 5.41) is 19.5. The molecule has 2 heteroatoms. The highest BCUT2D eigenvalue weighted by Crippen LogP contribution is 2.41. The van der Waals surface area contributed by atoms with Gasteiger partial charge in [0.2, 0.25) is 0 Å². The monoisotopic (exact) mass is 284 g/mol. The van der Waals surface area contributed by atoms with Crippen LogP contribution in [0.25, 0.3) is 0 Å². The fraction of sp³-hybridized carbons (Fsp3) is 0.368. The predicted octanol–water partition coefficient (Wildman–Crippen LogP) is 4.79. The van der Waals surface area contributed by atoms with Gasteiger partial charge in [-0.15, -0.1) is 0 Å². The minimum atomic E-state index is 0.326. The molecule has 0 amide bonds. The van der Waals surface area contributed by atoms with E-state index in [4.69, 9.17) is 0 Å². The second-order valence-electron chi connectivity index (χ2n) is 5.29. The summed E-state index contributed by atoms with van der Waals surface area (Å²) in [5.41, 5.74) is 3.59. The number of hydrogen-bond acceptors (Lipinski definition) is 2. The molecule has 3 rings (SSSR count). The van der Waals surface area contributed by atoms with Crippen LogP contribution in [0.2, 0.25) is 0 Å². The Labute approximate surface area is 127 Å². The Hall–Kier alpha value is -1.96. The summed E-state index contributed by atoms with van der Waals surface area (Å²) >= 11 is 0. The number of fused-ring (bicyclic) bond motifs is 1. The van der Waals surface area contributed by atoms with E-state index in [-0.39, 0.29) is 0 Å². The Balaban J connectivity index is 0.000000774. The average Bonchev–Trinajstić information content (AvgIpc) is 2.92. The first kappa shape index (κ1) is 15.4. The van der Waals surface area contributed by atoms with Crippen LogP contribution in [0, 0.1) is 0 Å². The lowest BCUT2D eigenvalue weighted by molar-refractivity contribution is 0.459. The van der Waals surface area contributed by atoms with E-state index >= 15 is 0 Å². The van der Waals surface area contributed by atoms with Gasteiger partial charge in [-0.2, -0.15) is 0 Å². The van der Waals surface area contributed by atoms with Gasteiger partial charge >= 0.3 is 0 Å². The lowest BCUT2D eigenvalue weighted by Crippen LogP contribution is -1.97. The minimum Gasteiger partial charge on any atom is -0.508 e. The highest BCUT2D eigenvalue weighted by Gasteiger charge is 2.24. The summed E-state index contributed by atoms with van der Waals surface area (Å²) in [5.74, 6) is 1.21. The van der Waals surface area contributed by atoms with Crippen molar-refractivity contribution in [1.82, 2.24) is 0 Å². The van der Waals surface area contributed by atoms with Crippen molar-refractivity contribution in [3.63, 3.8) is 0 Å². The number of benzene rings is 2. The molecule has 1 aliphatic rings. The van der Waals surface area contributed by atoms with Crippen LogP contribution in [0.3, 0.4) is 0 Å². The molecule has 0 bridgehead atoms. The van der Waals surface area contributed by atoms with Crippen molar-refractivity contribution >= 4 is 0 Å². The maximum absolute atomic E-state index is 10.0. The fourth-order valence-electron chi connectivity index (χ4n) is 3.10. The molecule has 0 fully saturated rings. The summed E-state index contributed by atoms with van der Waals surface area (Å²) in [4.78, 5) is 0. The van der Waals surface area contributed by atoms with Crippen molar-refractivity contribution in [3.8, 4) is 11.5 Å². The van der Waals surface area contributed by atoms with E-state index < -0.39 is 0 Å². The van der Waals surface area contributed by atoms with E-state index in [0.717, 1.165) is 36.8 Å². The quantitative estimate of drug-likeness (QED) is 0.851. The first-order valence-corrected chi connectivity index (χ1v) is 7.82. The molecule has 2 nitrogen and oxygen atoms in total. The molecular formula is C19H24O2. The molecule has 0 radical (unpaired) electrons. The zero-order valence-corrected chi connectivity index (χ0v) is 12.8. The van der Waals surface area contributed by atoms with E-state index in [1.165, 1.54) is 5.56 Å². The lowest BCUT2D eigenvalue weighted by Gasteiger charge is -2.13. The van der Waals surface area contributed by atoms with Gasteiger partial charge in [0.25, 0.3) is 0 Å². The van der Waals surface area contributed by atoms with Gasteiger partial charge in [0.15, 0.2) is 0 Å². The Morgan fingerprint density at radius 3 is 2.57 bits per heavy atom. The van der Waals surface area contributed by atoms with E-state index in [1.807, 2.05) is 38.1 Å². The smallest absolute Gasteiger partial charge is 0.119 e. The Bertz CT molecular complexity index is 590. The second kappa shape index (κ2) is 7.16. The predicted molar refractivity (Wildman–Crippen MR) is 86.9 cm³/mol. The van der Waals surface area contributed by atoms with Crippen LogP contribution in [0.4, 0.5) is 0 Å². The molecule has 1 aliphatic carbocycles. The number of phenols is 2. The van der Waals surface area contributed by atoms with Gasteiger partial charge in [0, 0.05) is 5.56 Å². The summed E-state index contributed by atoms with van der Waals surface area (Å²) in [6.07, 6.45) is 4.14. The number of hydrogen-bond donors (Lipinski definition) is 2. The first-order chi connectivity index (χ1) is 10.2. The van der Waals surface area contributed by atoms with Crippen molar-refractivity contribution in [1.29, 1.82) is 0 Å². The summed E-state index contributed by atoms with van der Waals surface area (Å²) in [6, 6.07) is 13.3. The highest BCUT2D eigenvalue weighted by molar-refractivity contribution is 5.45. The molecule has 2 aromatic rings. The van der Waals surface area contributed by atoms with Crippen molar-refractivity contribution < 1.29 is 10.2 Å². The fourth-order valence-corrected chi connectivity index (χ4v) is 3.10. The van der Waals surface area contributed by atoms with Crippen LogP contribution in [0.5, 0.6) is 11.5 Å². The lowest BCUT2D eigenvalue weighted by atomic mass is 9.93. The molecule has 0 saturated carbocycles. The van der Waals surface area contributed by atoms with Gasteiger partial charge in [-0.3, -0.25) is 0 Å². The van der Waals surface area contributed by atoms with E-state index in [2.05, 4.69) is 6.07 Å². The van der Waals surface area contributed by atoms with Crippen LogP contribution in [-0.4, -0.2) is 10.2 Å². The Morgan fingerprint density at radius 1 is 1.05 bits per heavy atom. The van der Waals surface area contributed by atoms with Crippen molar-refractivity contribution in [3.05, 3.63) is 59.2 Å². The highest BCUT2D eigenvalue weighted by atomic mass is 16.3. The molecular weight excluding hydrogens is 260 g/mol. The molecule has 2 aromatic carbocycles. The molecule has 2 N–H and O–H groups in total. The molecule has 1 unspecified atom stereocenters. The zero-order chi connectivity index (χ0) is 15.2. The molecule has 0 spiro atoms. The molecule has 21 heavy (non-hydrogen) atoms.